The molecule has 0 spiro atoms. The van der Waals surface area contributed by atoms with Crippen molar-refractivity contribution >= 4 is 11.6 Å². The van der Waals surface area contributed by atoms with Gasteiger partial charge < -0.3 is 5.32 Å². The van der Waals surface area contributed by atoms with E-state index in [-0.39, 0.29) is 18.1 Å². The first kappa shape index (κ1) is 20.3. The maximum absolute atomic E-state index is 13.0. The molecule has 1 amide bonds. The molecular weight excluding hydrogens is 414 g/mol. The first-order valence-electron chi connectivity index (χ1n) is 9.09. The van der Waals surface area contributed by atoms with Gasteiger partial charge in [0.1, 0.15) is 11.5 Å². The lowest BCUT2D eigenvalue weighted by Gasteiger charge is -2.08. The number of carbonyl (C=O) groups is 1. The predicted octanol–water partition coefficient (Wildman–Crippen LogP) is 4.73. The third-order valence-electron chi connectivity index (χ3n) is 4.45. The van der Waals surface area contributed by atoms with Crippen LogP contribution in [0.25, 0.3) is 11.3 Å². The van der Waals surface area contributed by atoms with Crippen molar-refractivity contribution in [1.82, 2.24) is 20.0 Å². The van der Waals surface area contributed by atoms with Gasteiger partial charge in [0.2, 0.25) is 0 Å². The van der Waals surface area contributed by atoms with Crippen molar-refractivity contribution in [1.29, 1.82) is 0 Å². The number of halogens is 4. The van der Waals surface area contributed by atoms with Crippen LogP contribution in [0.15, 0.2) is 67.0 Å². The number of aromatic nitrogens is 4. The Kier molecular flexibility index (Phi) is 5.28. The van der Waals surface area contributed by atoms with E-state index < -0.39 is 17.6 Å². The standard InChI is InChI=1S/C21H15F4N5O/c22-16-6-4-14(5-7-16)18-9-19(29-28-18)20(31)27-17-10-26-30(12-17)11-13-2-1-3-15(8-13)21(23,24)25/h1-10,12H,11H2,(H,27,31)(H,28,29). The molecular formula is C21H15F4N5O. The molecule has 2 aromatic heterocycles. The topological polar surface area (TPSA) is 75.6 Å². The summed E-state index contributed by atoms with van der Waals surface area (Å²) in [6, 6.07) is 12.2. The van der Waals surface area contributed by atoms with Crippen molar-refractivity contribution in [3.8, 4) is 11.3 Å². The molecule has 4 aromatic rings. The van der Waals surface area contributed by atoms with Crippen LogP contribution in [0.3, 0.4) is 0 Å². The number of benzene rings is 2. The highest BCUT2D eigenvalue weighted by molar-refractivity contribution is 6.03. The summed E-state index contributed by atoms with van der Waals surface area (Å²) in [7, 11) is 0. The molecule has 0 saturated heterocycles. The van der Waals surface area contributed by atoms with Crippen molar-refractivity contribution < 1.29 is 22.4 Å². The van der Waals surface area contributed by atoms with Crippen LogP contribution in [0, 0.1) is 5.82 Å². The van der Waals surface area contributed by atoms with Gasteiger partial charge in [-0.3, -0.25) is 14.6 Å². The lowest BCUT2D eigenvalue weighted by atomic mass is 10.1. The van der Waals surface area contributed by atoms with Gasteiger partial charge in [-0.15, -0.1) is 0 Å². The van der Waals surface area contributed by atoms with Crippen LogP contribution in [0.4, 0.5) is 23.2 Å². The van der Waals surface area contributed by atoms with Gasteiger partial charge in [0, 0.05) is 11.8 Å². The monoisotopic (exact) mass is 429 g/mol. The zero-order valence-electron chi connectivity index (χ0n) is 15.8. The van der Waals surface area contributed by atoms with Crippen LogP contribution in [-0.2, 0) is 12.7 Å². The summed E-state index contributed by atoms with van der Waals surface area (Å²) in [6.07, 6.45) is -1.52. The van der Waals surface area contributed by atoms with E-state index in [1.807, 2.05) is 0 Å². The molecule has 6 nitrogen and oxygen atoms in total. The molecule has 2 N–H and O–H groups in total. The van der Waals surface area contributed by atoms with E-state index in [1.165, 1.54) is 41.3 Å². The Morgan fingerprint density at radius 3 is 2.61 bits per heavy atom. The first-order valence-corrected chi connectivity index (χ1v) is 9.09. The average molecular weight is 429 g/mol. The molecule has 2 aromatic carbocycles. The van der Waals surface area contributed by atoms with E-state index in [0.29, 0.717) is 22.5 Å². The zero-order valence-corrected chi connectivity index (χ0v) is 15.8. The Bertz CT molecular complexity index is 1210. The molecule has 0 aliphatic carbocycles. The van der Waals surface area contributed by atoms with Gasteiger partial charge in [-0.1, -0.05) is 12.1 Å². The van der Waals surface area contributed by atoms with E-state index in [9.17, 15) is 22.4 Å². The molecule has 31 heavy (non-hydrogen) atoms. The normalized spacial score (nSPS) is 11.5. The minimum Gasteiger partial charge on any atom is -0.318 e. The maximum atomic E-state index is 13.0. The highest BCUT2D eigenvalue weighted by Gasteiger charge is 2.30. The molecule has 0 fully saturated rings. The zero-order chi connectivity index (χ0) is 22.0. The van der Waals surface area contributed by atoms with Crippen LogP contribution in [-0.4, -0.2) is 25.9 Å². The second kappa shape index (κ2) is 8.05. The Morgan fingerprint density at radius 1 is 1.10 bits per heavy atom. The summed E-state index contributed by atoms with van der Waals surface area (Å²) in [5, 5.41) is 13.4. The molecule has 2 heterocycles. The van der Waals surface area contributed by atoms with E-state index in [4.69, 9.17) is 0 Å². The van der Waals surface area contributed by atoms with E-state index in [2.05, 4.69) is 20.6 Å². The fourth-order valence-electron chi connectivity index (χ4n) is 2.95. The number of carbonyl (C=O) groups excluding carboxylic acids is 1. The fourth-order valence-corrected chi connectivity index (χ4v) is 2.95. The Hall–Kier alpha value is -3.95. The third-order valence-corrected chi connectivity index (χ3v) is 4.45. The number of anilines is 1. The molecule has 0 unspecified atom stereocenters. The third kappa shape index (κ3) is 4.80. The molecule has 0 radical (unpaired) electrons. The summed E-state index contributed by atoms with van der Waals surface area (Å²) in [4.78, 5) is 12.4. The highest BCUT2D eigenvalue weighted by Crippen LogP contribution is 2.29. The summed E-state index contributed by atoms with van der Waals surface area (Å²) < 4.78 is 53.0. The quantitative estimate of drug-likeness (QED) is 0.451. The van der Waals surface area contributed by atoms with Crippen LogP contribution in [0.5, 0.6) is 0 Å². The Balaban J connectivity index is 1.42. The number of amides is 1. The summed E-state index contributed by atoms with van der Waals surface area (Å²) in [6.45, 7) is 0.110. The van der Waals surface area contributed by atoms with Gasteiger partial charge in [-0.25, -0.2) is 4.39 Å². The highest BCUT2D eigenvalue weighted by atomic mass is 19.4. The molecule has 0 aliphatic heterocycles. The largest absolute Gasteiger partial charge is 0.416 e. The average Bonchev–Trinajstić information content (AvgIpc) is 3.38. The SMILES string of the molecule is O=C(Nc1cnn(Cc2cccc(C(F)(F)F)c2)c1)c1cc(-c2ccc(F)cc2)n[nH]1. The van der Waals surface area contributed by atoms with Crippen molar-refractivity contribution in [3.63, 3.8) is 0 Å². The molecule has 0 aliphatic rings. The van der Waals surface area contributed by atoms with Crippen molar-refractivity contribution in [2.24, 2.45) is 0 Å². The number of alkyl halides is 3. The second-order valence-corrected chi connectivity index (χ2v) is 6.75. The minimum atomic E-state index is -4.42. The van der Waals surface area contributed by atoms with Gasteiger partial charge in [-0.2, -0.15) is 23.4 Å². The van der Waals surface area contributed by atoms with Gasteiger partial charge in [0.15, 0.2) is 0 Å². The van der Waals surface area contributed by atoms with E-state index >= 15 is 0 Å². The number of hydrogen-bond donors (Lipinski definition) is 2. The molecule has 10 heteroatoms. The van der Waals surface area contributed by atoms with Gasteiger partial charge in [0.05, 0.1) is 29.7 Å². The van der Waals surface area contributed by atoms with Crippen LogP contribution in [0.2, 0.25) is 0 Å². The Morgan fingerprint density at radius 2 is 1.87 bits per heavy atom. The van der Waals surface area contributed by atoms with Crippen LogP contribution in [0.1, 0.15) is 21.6 Å². The summed E-state index contributed by atoms with van der Waals surface area (Å²) >= 11 is 0. The summed E-state index contributed by atoms with van der Waals surface area (Å²) in [5.41, 5.74) is 1.37. The Labute approximate surface area is 173 Å². The number of rotatable bonds is 5. The predicted molar refractivity (Wildman–Crippen MR) is 105 cm³/mol. The lowest BCUT2D eigenvalue weighted by molar-refractivity contribution is -0.137. The minimum absolute atomic E-state index is 0.110. The number of H-pyrrole nitrogens is 1. The molecule has 4 rings (SSSR count). The second-order valence-electron chi connectivity index (χ2n) is 6.75. The maximum Gasteiger partial charge on any atom is 0.416 e. The van der Waals surface area contributed by atoms with Gasteiger partial charge in [-0.05, 0) is 48.0 Å². The molecule has 0 bridgehead atoms. The van der Waals surface area contributed by atoms with Crippen LogP contribution < -0.4 is 5.32 Å². The molecule has 0 saturated carbocycles. The van der Waals surface area contributed by atoms with Crippen molar-refractivity contribution in [3.05, 3.63) is 89.6 Å². The lowest BCUT2D eigenvalue weighted by Crippen LogP contribution is -2.12. The molecule has 158 valence electrons. The molecule has 0 atom stereocenters. The number of nitrogens with one attached hydrogen (secondary N) is 2. The number of aromatic amines is 1. The van der Waals surface area contributed by atoms with Gasteiger partial charge >= 0.3 is 6.18 Å². The fraction of sp³-hybridized carbons (Fsp3) is 0.0952. The van der Waals surface area contributed by atoms with E-state index in [1.54, 1.807) is 18.2 Å². The first-order chi connectivity index (χ1) is 14.8. The van der Waals surface area contributed by atoms with Gasteiger partial charge in [0.25, 0.3) is 5.91 Å². The van der Waals surface area contributed by atoms with Crippen molar-refractivity contribution in [2.75, 3.05) is 5.32 Å². The number of nitrogens with zero attached hydrogens (tertiary/aromatic N) is 3. The number of hydrogen-bond acceptors (Lipinski definition) is 3. The van der Waals surface area contributed by atoms with E-state index in [0.717, 1.165) is 12.1 Å². The van der Waals surface area contributed by atoms with Crippen LogP contribution >= 0.6 is 0 Å². The smallest absolute Gasteiger partial charge is 0.318 e. The van der Waals surface area contributed by atoms with Crippen molar-refractivity contribution in [2.45, 2.75) is 12.7 Å². The summed E-state index contributed by atoms with van der Waals surface area (Å²) in [5.74, 6) is -0.848.